The standard InChI is InChI=1S/Co.4H2N.H2O/h;5*1H2/q+4;4*-1;. The first-order valence-corrected chi connectivity index (χ1v) is 3.17. The summed E-state index contributed by atoms with van der Waals surface area (Å²) in [6.07, 6.45) is 0. The van der Waals surface area contributed by atoms with E-state index in [9.17, 15) is 0 Å². The molecule has 0 amide bonds. The number of rotatable bonds is 0. The summed E-state index contributed by atoms with van der Waals surface area (Å²) in [6.45, 7) is 0. The zero-order chi connectivity index (χ0) is 4.50. The van der Waals surface area contributed by atoms with Gasteiger partial charge in [-0.3, -0.25) is 0 Å². The average Bonchev–Trinajstić information content (AvgIpc) is 0.722. The van der Waals surface area contributed by atoms with E-state index in [0.717, 1.165) is 0 Å². The summed E-state index contributed by atoms with van der Waals surface area (Å²) < 4.78 is 0. The topological polar surface area (TPSA) is 136 Å². The van der Waals surface area contributed by atoms with Crippen LogP contribution in [0.4, 0.5) is 0 Å². The van der Waals surface area contributed by atoms with Gasteiger partial charge >= 0.3 is 32.6 Å². The third-order valence-corrected chi connectivity index (χ3v) is 0. The zero-order valence-corrected chi connectivity index (χ0v) is 4.18. The van der Waals surface area contributed by atoms with E-state index in [1.165, 1.54) is 0 Å². The van der Waals surface area contributed by atoms with Crippen molar-refractivity contribution in [3.63, 3.8) is 0 Å². The molecule has 10 N–H and O–H groups in total. The Morgan fingerprint density at radius 2 is 0.833 bits per heavy atom. The molecule has 0 aliphatic heterocycles. The molecule has 0 rings (SSSR count). The molecule has 0 atom stereocenters. The predicted octanol–water partition coefficient (Wildman–Crippen LogP) is -3.19. The van der Waals surface area contributed by atoms with Gasteiger partial charge in [0.25, 0.3) is 0 Å². The Bertz CT molecular complexity index is 23.0. The molecule has 0 aromatic heterocycles. The summed E-state index contributed by atoms with van der Waals surface area (Å²) in [4.78, 5) is 19.2. The minimum atomic E-state index is -2.38. The van der Waals surface area contributed by atoms with Crippen LogP contribution in [0.3, 0.4) is 0 Å². The molecule has 0 heterocycles. The van der Waals surface area contributed by atoms with Crippen molar-refractivity contribution in [2.75, 3.05) is 0 Å². The molecule has 45 valence electrons. The molecule has 0 aliphatic carbocycles. The van der Waals surface area contributed by atoms with E-state index < -0.39 is 13.5 Å². The Balaban J connectivity index is 0. The van der Waals surface area contributed by atoms with Crippen LogP contribution in [-0.2, 0) is 13.5 Å². The molecule has 0 saturated heterocycles. The van der Waals surface area contributed by atoms with Crippen LogP contribution in [0.5, 0.6) is 0 Å². The van der Waals surface area contributed by atoms with Crippen molar-refractivity contribution >= 4 is 0 Å². The quantitative estimate of drug-likeness (QED) is 0.282. The average molecular weight is 141 g/mol. The molecule has 0 spiro atoms. The second-order valence-electron chi connectivity index (χ2n) is 0.667. The number of nitrogens with two attached hydrogens (primary N) is 4. The van der Waals surface area contributed by atoms with Crippen molar-refractivity contribution in [1.29, 1.82) is 0 Å². The molecule has 6 heavy (non-hydrogen) atoms. The summed E-state index contributed by atoms with van der Waals surface area (Å²) >= 11 is -2.38. The first kappa shape index (κ1) is 9.58. The summed E-state index contributed by atoms with van der Waals surface area (Å²) in [5.41, 5.74) is 0. The summed E-state index contributed by atoms with van der Waals surface area (Å²) in [7, 11) is 0. The SMILES string of the molecule is O.[NH2][Co]([NH2])([NH2])[NH2]. The third-order valence-electron chi connectivity index (χ3n) is 0. The summed E-state index contributed by atoms with van der Waals surface area (Å²) in [5, 5.41) is 0. The second kappa shape index (κ2) is 2.47. The van der Waals surface area contributed by atoms with E-state index in [1.54, 1.807) is 0 Å². The Morgan fingerprint density at radius 1 is 0.833 bits per heavy atom. The Kier molecular flexibility index (Phi) is 3.95. The van der Waals surface area contributed by atoms with Gasteiger partial charge in [-0.2, -0.15) is 0 Å². The van der Waals surface area contributed by atoms with Gasteiger partial charge in [-0.25, -0.2) is 0 Å². The van der Waals surface area contributed by atoms with Crippen LogP contribution < -0.4 is 19.1 Å². The second-order valence-corrected chi connectivity index (χ2v) is 2.75. The van der Waals surface area contributed by atoms with Crippen molar-refractivity contribution in [3.05, 3.63) is 0 Å². The fourth-order valence-corrected chi connectivity index (χ4v) is 0. The van der Waals surface area contributed by atoms with Crippen molar-refractivity contribution < 1.29 is 19.0 Å². The van der Waals surface area contributed by atoms with Gasteiger partial charge in [0.2, 0.25) is 0 Å². The fourth-order valence-electron chi connectivity index (χ4n) is 0. The molecule has 0 saturated carbocycles. The molecular formula is H10CoN4O. The third kappa shape index (κ3) is 501. The fraction of sp³-hybridized carbons (Fsp3) is 0. The monoisotopic (exact) mass is 141 g/mol. The molecule has 0 radical (unpaired) electrons. The van der Waals surface area contributed by atoms with E-state index in [1.807, 2.05) is 0 Å². The normalized spacial score (nSPS) is 12.7. The molecule has 5 nitrogen and oxygen atoms in total. The number of hydrogen-bond donors (Lipinski definition) is 4. The van der Waals surface area contributed by atoms with Crippen molar-refractivity contribution in [3.8, 4) is 0 Å². The Labute approximate surface area is 38.9 Å². The molecular weight excluding hydrogens is 131 g/mol. The van der Waals surface area contributed by atoms with Crippen LogP contribution >= 0.6 is 0 Å². The Hall–Kier alpha value is 0.306. The predicted molar refractivity (Wildman–Crippen MR) is 20.4 cm³/mol. The van der Waals surface area contributed by atoms with Gasteiger partial charge in [0.05, 0.1) is 0 Å². The molecule has 0 unspecified atom stereocenters. The summed E-state index contributed by atoms with van der Waals surface area (Å²) in [6, 6.07) is 0. The van der Waals surface area contributed by atoms with Gasteiger partial charge in [-0.05, 0) is 0 Å². The van der Waals surface area contributed by atoms with Gasteiger partial charge in [-0.15, -0.1) is 0 Å². The van der Waals surface area contributed by atoms with Crippen molar-refractivity contribution in [1.82, 2.24) is 0 Å². The van der Waals surface area contributed by atoms with Gasteiger partial charge < -0.3 is 5.48 Å². The van der Waals surface area contributed by atoms with Crippen LogP contribution in [-0.4, -0.2) is 5.48 Å². The zero-order valence-electron chi connectivity index (χ0n) is 3.14. The molecule has 0 aromatic rings. The van der Waals surface area contributed by atoms with Crippen LogP contribution in [0.15, 0.2) is 0 Å². The van der Waals surface area contributed by atoms with Gasteiger partial charge in [0.1, 0.15) is 0 Å². The molecule has 0 fully saturated rings. The van der Waals surface area contributed by atoms with Gasteiger partial charge in [0, 0.05) is 0 Å². The van der Waals surface area contributed by atoms with Crippen LogP contribution in [0.2, 0.25) is 0 Å². The molecule has 0 aliphatic rings. The van der Waals surface area contributed by atoms with E-state index >= 15 is 0 Å². The summed E-state index contributed by atoms with van der Waals surface area (Å²) in [5.74, 6) is 0. The minimum absolute atomic E-state index is 0. The first-order valence-electron chi connectivity index (χ1n) is 0.770. The van der Waals surface area contributed by atoms with Gasteiger partial charge in [0.15, 0.2) is 0 Å². The first-order chi connectivity index (χ1) is 2.00. The van der Waals surface area contributed by atoms with Crippen LogP contribution in [0.25, 0.3) is 0 Å². The van der Waals surface area contributed by atoms with E-state index in [2.05, 4.69) is 0 Å². The maximum atomic E-state index is 4.80. The van der Waals surface area contributed by atoms with Crippen molar-refractivity contribution in [2.24, 2.45) is 19.1 Å². The van der Waals surface area contributed by atoms with E-state index in [-0.39, 0.29) is 5.48 Å². The van der Waals surface area contributed by atoms with E-state index in [0.29, 0.717) is 0 Å². The van der Waals surface area contributed by atoms with Crippen LogP contribution in [0, 0.1) is 0 Å². The molecule has 0 bridgehead atoms. The maximum absolute atomic E-state index is 4.80. The van der Waals surface area contributed by atoms with Crippen molar-refractivity contribution in [2.45, 2.75) is 0 Å². The molecule has 6 heteroatoms. The molecule has 0 aromatic carbocycles. The number of hydrogen-bond acceptors (Lipinski definition) is 4. The van der Waals surface area contributed by atoms with Crippen LogP contribution in [0.1, 0.15) is 0 Å². The van der Waals surface area contributed by atoms with E-state index in [4.69, 9.17) is 19.1 Å². The Morgan fingerprint density at radius 3 is 0.833 bits per heavy atom. The van der Waals surface area contributed by atoms with Gasteiger partial charge in [-0.1, -0.05) is 0 Å².